The highest BCUT2D eigenvalue weighted by Crippen LogP contribution is 2.27. The number of carbonyl (C=O) groups excluding carboxylic acids is 2. The van der Waals surface area contributed by atoms with Gasteiger partial charge in [0, 0.05) is 26.2 Å². The molecule has 7 heteroatoms. The summed E-state index contributed by atoms with van der Waals surface area (Å²) in [6.45, 7) is 13.5. The minimum absolute atomic E-state index is 0.290. The van der Waals surface area contributed by atoms with Gasteiger partial charge in [0.2, 0.25) is 0 Å². The molecule has 0 bridgehead atoms. The Hall–Kier alpha value is -2.44. The van der Waals surface area contributed by atoms with Crippen molar-refractivity contribution in [2.24, 2.45) is 0 Å². The molecule has 1 N–H and O–H groups in total. The molecule has 1 aromatic rings. The van der Waals surface area contributed by atoms with Crippen molar-refractivity contribution in [1.29, 1.82) is 0 Å². The van der Waals surface area contributed by atoms with Crippen LogP contribution >= 0.6 is 0 Å². The third-order valence-electron chi connectivity index (χ3n) is 3.81. The Balaban J connectivity index is 2.00. The Morgan fingerprint density at radius 1 is 0.889 bits per heavy atom. The number of hydrogen-bond acceptors (Lipinski definition) is 5. The molecule has 0 aromatic heterocycles. The van der Waals surface area contributed by atoms with Crippen molar-refractivity contribution in [3.63, 3.8) is 0 Å². The lowest BCUT2D eigenvalue weighted by Gasteiger charge is -2.37. The molecule has 1 aliphatic rings. The molecule has 1 saturated heterocycles. The number of benzene rings is 1. The van der Waals surface area contributed by atoms with E-state index >= 15 is 0 Å². The Morgan fingerprint density at radius 3 is 2.00 bits per heavy atom. The maximum absolute atomic E-state index is 12.2. The fourth-order valence-corrected chi connectivity index (χ4v) is 2.73. The number of anilines is 2. The second-order valence-electron chi connectivity index (χ2n) is 8.60. The van der Waals surface area contributed by atoms with Gasteiger partial charge < -0.3 is 19.3 Å². The van der Waals surface area contributed by atoms with Gasteiger partial charge >= 0.3 is 12.2 Å². The number of amides is 2. The summed E-state index contributed by atoms with van der Waals surface area (Å²) in [5.74, 6) is 0. The van der Waals surface area contributed by atoms with E-state index in [1.54, 1.807) is 4.90 Å². The third-order valence-corrected chi connectivity index (χ3v) is 3.81. The molecule has 0 unspecified atom stereocenters. The topological polar surface area (TPSA) is 71.1 Å². The fraction of sp³-hybridized carbons (Fsp3) is 0.600. The van der Waals surface area contributed by atoms with E-state index in [0.29, 0.717) is 31.9 Å². The molecule has 2 amide bonds. The number of piperazine rings is 1. The number of rotatable bonds is 2. The minimum atomic E-state index is -0.557. The monoisotopic (exact) mass is 377 g/mol. The second-order valence-corrected chi connectivity index (χ2v) is 8.60. The number of ether oxygens (including phenoxy) is 2. The van der Waals surface area contributed by atoms with Crippen LogP contribution in [0.1, 0.15) is 41.5 Å². The first-order chi connectivity index (χ1) is 12.4. The number of carbonyl (C=O) groups is 2. The maximum atomic E-state index is 12.2. The zero-order valence-corrected chi connectivity index (χ0v) is 17.2. The SMILES string of the molecule is CC(C)(C)OC(=O)Nc1ccccc1N1CCN(C(=O)OC(C)(C)C)CC1. The molecule has 0 atom stereocenters. The Labute approximate surface area is 161 Å². The molecule has 2 rings (SSSR count). The van der Waals surface area contributed by atoms with Gasteiger partial charge in [-0.05, 0) is 53.7 Å². The van der Waals surface area contributed by atoms with Gasteiger partial charge in [-0.3, -0.25) is 5.32 Å². The van der Waals surface area contributed by atoms with Crippen molar-refractivity contribution >= 4 is 23.6 Å². The molecule has 0 saturated carbocycles. The first-order valence-electron chi connectivity index (χ1n) is 9.26. The lowest BCUT2D eigenvalue weighted by molar-refractivity contribution is 0.0240. The van der Waals surface area contributed by atoms with Crippen LogP contribution in [0.3, 0.4) is 0 Å². The van der Waals surface area contributed by atoms with Gasteiger partial charge in [0.1, 0.15) is 11.2 Å². The summed E-state index contributed by atoms with van der Waals surface area (Å²) < 4.78 is 10.8. The van der Waals surface area contributed by atoms with Crippen LogP contribution < -0.4 is 10.2 Å². The molecule has 0 radical (unpaired) electrons. The second kappa shape index (κ2) is 8.06. The molecule has 0 spiro atoms. The van der Waals surface area contributed by atoms with Gasteiger partial charge in [-0.2, -0.15) is 0 Å². The van der Waals surface area contributed by atoms with Crippen LogP contribution in [0.5, 0.6) is 0 Å². The average molecular weight is 377 g/mol. The number of para-hydroxylation sites is 2. The van der Waals surface area contributed by atoms with Crippen molar-refractivity contribution in [2.75, 3.05) is 36.4 Å². The van der Waals surface area contributed by atoms with Crippen molar-refractivity contribution in [3.05, 3.63) is 24.3 Å². The molecular weight excluding hydrogens is 346 g/mol. The molecule has 1 fully saturated rings. The predicted octanol–water partition coefficient (Wildman–Crippen LogP) is 4.09. The molecular formula is C20H31N3O4. The van der Waals surface area contributed by atoms with E-state index in [9.17, 15) is 9.59 Å². The Morgan fingerprint density at radius 2 is 1.44 bits per heavy atom. The minimum Gasteiger partial charge on any atom is -0.444 e. The van der Waals surface area contributed by atoms with Crippen LogP contribution in [0.4, 0.5) is 21.0 Å². The summed E-state index contributed by atoms with van der Waals surface area (Å²) in [5, 5.41) is 2.82. The maximum Gasteiger partial charge on any atom is 0.412 e. The lowest BCUT2D eigenvalue weighted by Crippen LogP contribution is -2.50. The normalized spacial score (nSPS) is 15.3. The molecule has 1 aliphatic heterocycles. The van der Waals surface area contributed by atoms with Gasteiger partial charge in [-0.15, -0.1) is 0 Å². The van der Waals surface area contributed by atoms with Gasteiger partial charge in [0.25, 0.3) is 0 Å². The van der Waals surface area contributed by atoms with Gasteiger partial charge in [0.05, 0.1) is 11.4 Å². The van der Waals surface area contributed by atoms with E-state index in [-0.39, 0.29) is 6.09 Å². The lowest BCUT2D eigenvalue weighted by atomic mass is 10.2. The zero-order valence-electron chi connectivity index (χ0n) is 17.2. The van der Waals surface area contributed by atoms with Crippen LogP contribution in [0.15, 0.2) is 24.3 Å². The molecule has 1 aromatic carbocycles. The molecule has 1 heterocycles. The molecule has 7 nitrogen and oxygen atoms in total. The van der Waals surface area contributed by atoms with E-state index in [0.717, 1.165) is 5.69 Å². The standard InChI is InChI=1S/C20H31N3O4/c1-19(2,3)26-17(24)21-15-9-7-8-10-16(15)22-11-13-23(14-12-22)18(25)27-20(4,5)6/h7-10H,11-14H2,1-6H3,(H,21,24). The van der Waals surface area contributed by atoms with Crippen LogP contribution in [0.25, 0.3) is 0 Å². The predicted molar refractivity (Wildman–Crippen MR) is 106 cm³/mol. The quantitative estimate of drug-likeness (QED) is 0.840. The highest BCUT2D eigenvalue weighted by atomic mass is 16.6. The summed E-state index contributed by atoms with van der Waals surface area (Å²) in [5.41, 5.74) is 0.542. The summed E-state index contributed by atoms with van der Waals surface area (Å²) in [6, 6.07) is 7.60. The summed E-state index contributed by atoms with van der Waals surface area (Å²) in [6.07, 6.45) is -0.773. The largest absolute Gasteiger partial charge is 0.444 e. The summed E-state index contributed by atoms with van der Waals surface area (Å²) in [7, 11) is 0. The average Bonchev–Trinajstić information content (AvgIpc) is 2.52. The molecule has 0 aliphatic carbocycles. The van der Waals surface area contributed by atoms with Crippen molar-refractivity contribution in [1.82, 2.24) is 4.90 Å². The Bertz CT molecular complexity index is 669. The van der Waals surface area contributed by atoms with Crippen molar-refractivity contribution in [3.8, 4) is 0 Å². The van der Waals surface area contributed by atoms with Crippen LogP contribution in [-0.4, -0.2) is 54.5 Å². The summed E-state index contributed by atoms with van der Waals surface area (Å²) in [4.78, 5) is 28.2. The summed E-state index contributed by atoms with van der Waals surface area (Å²) >= 11 is 0. The smallest absolute Gasteiger partial charge is 0.412 e. The van der Waals surface area contributed by atoms with E-state index in [1.165, 1.54) is 0 Å². The van der Waals surface area contributed by atoms with E-state index in [4.69, 9.17) is 9.47 Å². The first-order valence-corrected chi connectivity index (χ1v) is 9.26. The van der Waals surface area contributed by atoms with E-state index < -0.39 is 17.3 Å². The highest BCUT2D eigenvalue weighted by Gasteiger charge is 2.27. The first kappa shape index (κ1) is 20.9. The van der Waals surface area contributed by atoms with Gasteiger partial charge in [-0.1, -0.05) is 12.1 Å². The Kier molecular flexibility index (Phi) is 6.23. The van der Waals surface area contributed by atoms with Gasteiger partial charge in [-0.25, -0.2) is 9.59 Å². The third kappa shape index (κ3) is 6.66. The number of nitrogens with one attached hydrogen (secondary N) is 1. The van der Waals surface area contributed by atoms with Crippen LogP contribution in [0.2, 0.25) is 0 Å². The van der Waals surface area contributed by atoms with Crippen molar-refractivity contribution in [2.45, 2.75) is 52.7 Å². The van der Waals surface area contributed by atoms with E-state index in [2.05, 4.69) is 10.2 Å². The fourth-order valence-electron chi connectivity index (χ4n) is 2.73. The van der Waals surface area contributed by atoms with E-state index in [1.807, 2.05) is 65.8 Å². The number of hydrogen-bond donors (Lipinski definition) is 1. The molecule has 150 valence electrons. The number of nitrogens with zero attached hydrogens (tertiary/aromatic N) is 2. The zero-order chi connectivity index (χ0) is 20.2. The van der Waals surface area contributed by atoms with Crippen LogP contribution in [0, 0.1) is 0 Å². The van der Waals surface area contributed by atoms with Crippen LogP contribution in [-0.2, 0) is 9.47 Å². The van der Waals surface area contributed by atoms with Gasteiger partial charge in [0.15, 0.2) is 0 Å². The highest BCUT2D eigenvalue weighted by molar-refractivity contribution is 5.90. The van der Waals surface area contributed by atoms with Crippen molar-refractivity contribution < 1.29 is 19.1 Å². The molecule has 27 heavy (non-hydrogen) atoms.